The zero-order chi connectivity index (χ0) is 16.9. The summed E-state index contributed by atoms with van der Waals surface area (Å²) < 4.78 is 1.78. The molecule has 0 saturated carbocycles. The maximum absolute atomic E-state index is 12.6. The van der Waals surface area contributed by atoms with Crippen LogP contribution in [0.25, 0.3) is 0 Å². The van der Waals surface area contributed by atoms with Gasteiger partial charge in [0.1, 0.15) is 0 Å². The third kappa shape index (κ3) is 5.87. The van der Waals surface area contributed by atoms with Gasteiger partial charge in [0, 0.05) is 32.3 Å². The van der Waals surface area contributed by atoms with Gasteiger partial charge in [0.15, 0.2) is 0 Å². The molecule has 0 saturated heterocycles. The highest BCUT2D eigenvalue weighted by molar-refractivity contribution is 5.76. The maximum atomic E-state index is 12.6. The first kappa shape index (κ1) is 17.2. The van der Waals surface area contributed by atoms with E-state index >= 15 is 0 Å². The van der Waals surface area contributed by atoms with Gasteiger partial charge in [-0.1, -0.05) is 30.3 Å². The van der Waals surface area contributed by atoms with Gasteiger partial charge in [-0.25, -0.2) is 0 Å². The minimum atomic E-state index is -0.924. The number of carbonyl (C=O) groups excluding carboxylic acids is 1. The highest BCUT2D eigenvalue weighted by Gasteiger charge is 2.22. The Hall–Kier alpha value is -2.14. The van der Waals surface area contributed by atoms with E-state index in [0.29, 0.717) is 26.1 Å². The van der Waals surface area contributed by atoms with E-state index in [-0.39, 0.29) is 5.91 Å². The van der Waals surface area contributed by atoms with Gasteiger partial charge in [0.2, 0.25) is 5.91 Å². The highest BCUT2D eigenvalue weighted by atomic mass is 16.3. The average Bonchev–Trinajstić information content (AvgIpc) is 2.89. The largest absolute Gasteiger partial charge is 0.389 e. The number of aliphatic hydroxyl groups is 1. The molecule has 124 valence electrons. The van der Waals surface area contributed by atoms with E-state index in [1.54, 1.807) is 29.6 Å². The quantitative estimate of drug-likeness (QED) is 0.853. The molecule has 0 fully saturated rings. The van der Waals surface area contributed by atoms with E-state index < -0.39 is 5.60 Å². The Bertz CT molecular complexity index is 629. The molecule has 2 rings (SSSR count). The topological polar surface area (TPSA) is 58.4 Å². The molecular weight excluding hydrogens is 290 g/mol. The first-order valence-corrected chi connectivity index (χ1v) is 7.87. The number of amides is 1. The highest BCUT2D eigenvalue weighted by Crippen LogP contribution is 2.12. The maximum Gasteiger partial charge on any atom is 0.224 e. The Morgan fingerprint density at radius 1 is 1.30 bits per heavy atom. The lowest BCUT2D eigenvalue weighted by atomic mass is 10.1. The van der Waals surface area contributed by atoms with Gasteiger partial charge in [0.05, 0.1) is 11.8 Å². The molecule has 5 nitrogen and oxygen atoms in total. The normalized spacial score (nSPS) is 11.5. The summed E-state index contributed by atoms with van der Waals surface area (Å²) in [6.07, 6.45) is 4.07. The summed E-state index contributed by atoms with van der Waals surface area (Å²) in [7, 11) is 0. The minimum absolute atomic E-state index is 0.0177. The molecule has 0 aliphatic carbocycles. The van der Waals surface area contributed by atoms with Crippen molar-refractivity contribution < 1.29 is 9.90 Å². The number of rotatable bonds is 7. The van der Waals surface area contributed by atoms with Crippen LogP contribution < -0.4 is 0 Å². The predicted molar refractivity (Wildman–Crippen MR) is 89.7 cm³/mol. The molecule has 0 spiro atoms. The average molecular weight is 315 g/mol. The molecule has 1 amide bonds. The molecule has 0 aliphatic heterocycles. The number of hydrogen-bond acceptors (Lipinski definition) is 3. The molecular formula is C18H25N3O2. The van der Waals surface area contributed by atoms with Gasteiger partial charge in [-0.05, 0) is 31.9 Å². The van der Waals surface area contributed by atoms with Crippen LogP contribution in [-0.2, 0) is 17.9 Å². The van der Waals surface area contributed by atoms with Crippen molar-refractivity contribution in [3.05, 3.63) is 53.9 Å². The molecule has 23 heavy (non-hydrogen) atoms. The Morgan fingerprint density at radius 2 is 2.00 bits per heavy atom. The Kier molecular flexibility index (Phi) is 5.55. The van der Waals surface area contributed by atoms with Gasteiger partial charge in [-0.2, -0.15) is 5.10 Å². The third-order valence-electron chi connectivity index (χ3n) is 3.46. The number of hydrogen-bond donors (Lipinski definition) is 1. The van der Waals surface area contributed by atoms with E-state index in [1.165, 1.54) is 0 Å². The van der Waals surface area contributed by atoms with Crippen LogP contribution in [0.3, 0.4) is 0 Å². The molecule has 2 aromatic rings. The zero-order valence-electron chi connectivity index (χ0n) is 14.1. The molecule has 1 aromatic heterocycles. The fourth-order valence-electron chi connectivity index (χ4n) is 2.46. The number of nitrogens with zero attached hydrogens (tertiary/aromatic N) is 3. The summed E-state index contributed by atoms with van der Waals surface area (Å²) in [5.74, 6) is 0.0177. The van der Waals surface area contributed by atoms with Gasteiger partial charge < -0.3 is 10.0 Å². The number of benzene rings is 1. The SMILES string of the molecule is Cc1cnn(CCC(=O)N(Cc2ccccc2)CC(C)(C)O)c1. The van der Waals surface area contributed by atoms with E-state index in [4.69, 9.17) is 0 Å². The smallest absolute Gasteiger partial charge is 0.224 e. The zero-order valence-corrected chi connectivity index (χ0v) is 14.1. The van der Waals surface area contributed by atoms with Crippen molar-refractivity contribution in [3.8, 4) is 0 Å². The van der Waals surface area contributed by atoms with Gasteiger partial charge in [-0.3, -0.25) is 9.48 Å². The second kappa shape index (κ2) is 7.42. The molecule has 1 aromatic carbocycles. The van der Waals surface area contributed by atoms with Crippen molar-refractivity contribution in [2.24, 2.45) is 0 Å². The summed E-state index contributed by atoms with van der Waals surface area (Å²) in [6.45, 7) is 6.76. The molecule has 1 N–H and O–H groups in total. The summed E-state index contributed by atoms with van der Waals surface area (Å²) in [4.78, 5) is 14.3. The van der Waals surface area contributed by atoms with Crippen molar-refractivity contribution in [2.45, 2.75) is 45.9 Å². The first-order valence-electron chi connectivity index (χ1n) is 7.87. The summed E-state index contributed by atoms with van der Waals surface area (Å²) in [5, 5.41) is 14.3. The van der Waals surface area contributed by atoms with Crippen LogP contribution >= 0.6 is 0 Å². The van der Waals surface area contributed by atoms with Crippen LogP contribution in [0.1, 0.15) is 31.4 Å². The Labute approximate surface area is 137 Å². The van der Waals surface area contributed by atoms with E-state index in [9.17, 15) is 9.90 Å². The van der Waals surface area contributed by atoms with E-state index in [2.05, 4.69) is 5.10 Å². The van der Waals surface area contributed by atoms with Crippen LogP contribution in [0.15, 0.2) is 42.7 Å². The Morgan fingerprint density at radius 3 is 2.57 bits per heavy atom. The lowest BCUT2D eigenvalue weighted by Gasteiger charge is -2.29. The van der Waals surface area contributed by atoms with Crippen LogP contribution in [-0.4, -0.2) is 37.8 Å². The molecule has 1 heterocycles. The lowest BCUT2D eigenvalue weighted by Crippen LogP contribution is -2.42. The summed E-state index contributed by atoms with van der Waals surface area (Å²) >= 11 is 0. The fraction of sp³-hybridized carbons (Fsp3) is 0.444. The molecule has 0 unspecified atom stereocenters. The fourth-order valence-corrected chi connectivity index (χ4v) is 2.46. The van der Waals surface area contributed by atoms with Crippen molar-refractivity contribution in [2.75, 3.05) is 6.54 Å². The summed E-state index contributed by atoms with van der Waals surface area (Å²) in [6, 6.07) is 9.83. The van der Waals surface area contributed by atoms with E-state index in [1.807, 2.05) is 43.5 Å². The third-order valence-corrected chi connectivity index (χ3v) is 3.46. The second-order valence-corrected chi connectivity index (χ2v) is 6.58. The monoisotopic (exact) mass is 315 g/mol. The van der Waals surface area contributed by atoms with E-state index in [0.717, 1.165) is 11.1 Å². The van der Waals surface area contributed by atoms with Crippen molar-refractivity contribution in [3.63, 3.8) is 0 Å². The molecule has 0 bridgehead atoms. The Balaban J connectivity index is 2.01. The van der Waals surface area contributed by atoms with Gasteiger partial charge in [0.25, 0.3) is 0 Å². The number of aromatic nitrogens is 2. The second-order valence-electron chi connectivity index (χ2n) is 6.58. The predicted octanol–water partition coefficient (Wildman–Crippen LogP) is 2.38. The van der Waals surface area contributed by atoms with Crippen LogP contribution in [0.2, 0.25) is 0 Å². The minimum Gasteiger partial charge on any atom is -0.389 e. The molecule has 0 atom stereocenters. The summed E-state index contributed by atoms with van der Waals surface area (Å²) in [5.41, 5.74) is 1.21. The molecule has 5 heteroatoms. The standard InChI is InChI=1S/C18H25N3O2/c1-15-11-19-21(12-15)10-9-17(22)20(14-18(2,3)23)13-16-7-5-4-6-8-16/h4-8,11-12,23H,9-10,13-14H2,1-3H3. The lowest BCUT2D eigenvalue weighted by molar-refractivity contribution is -0.135. The van der Waals surface area contributed by atoms with Crippen LogP contribution in [0, 0.1) is 6.92 Å². The number of carbonyl (C=O) groups is 1. The first-order chi connectivity index (χ1) is 10.8. The van der Waals surface area contributed by atoms with Gasteiger partial charge in [-0.15, -0.1) is 0 Å². The molecule has 0 aliphatic rings. The van der Waals surface area contributed by atoms with Crippen LogP contribution in [0.5, 0.6) is 0 Å². The van der Waals surface area contributed by atoms with Gasteiger partial charge >= 0.3 is 0 Å². The molecule has 0 radical (unpaired) electrons. The van der Waals surface area contributed by atoms with Crippen LogP contribution in [0.4, 0.5) is 0 Å². The van der Waals surface area contributed by atoms with Crippen molar-refractivity contribution in [1.29, 1.82) is 0 Å². The number of aryl methyl sites for hydroxylation is 2. The van der Waals surface area contributed by atoms with Crippen molar-refractivity contribution in [1.82, 2.24) is 14.7 Å². The van der Waals surface area contributed by atoms with Crippen molar-refractivity contribution >= 4 is 5.91 Å².